The molecule has 2 rings (SSSR count). The molecule has 84 valence electrons. The molecule has 0 spiro atoms. The van der Waals surface area contributed by atoms with E-state index in [9.17, 15) is 0 Å². The van der Waals surface area contributed by atoms with Gasteiger partial charge in [-0.15, -0.1) is 0 Å². The third-order valence-corrected chi connectivity index (χ3v) is 3.91. The Hall–Kier alpha value is -0.570. The van der Waals surface area contributed by atoms with Crippen molar-refractivity contribution in [1.29, 1.82) is 0 Å². The molecule has 1 saturated carbocycles. The summed E-state index contributed by atoms with van der Waals surface area (Å²) in [4.78, 5) is 2.12. The van der Waals surface area contributed by atoms with Gasteiger partial charge < -0.3 is 10.6 Å². The number of hydrogen-bond donors (Lipinski definition) is 1. The summed E-state index contributed by atoms with van der Waals surface area (Å²) < 4.78 is 0. The highest BCUT2D eigenvalue weighted by molar-refractivity contribution is 7.80. The molecular weight excluding hydrogens is 204 g/mol. The quantitative estimate of drug-likeness (QED) is 0.694. The number of nitrogens with two attached hydrogens (primary N) is 1. The molecule has 2 nitrogen and oxygen atoms in total. The van der Waals surface area contributed by atoms with Crippen LogP contribution in [0.3, 0.4) is 0 Å². The SMILES string of the molecule is NC(=S)N1C=CCCC1C1CCCCC1. The van der Waals surface area contributed by atoms with Crippen molar-refractivity contribution in [2.75, 3.05) is 0 Å². The van der Waals surface area contributed by atoms with Crippen molar-refractivity contribution in [1.82, 2.24) is 4.90 Å². The second-order valence-corrected chi connectivity index (χ2v) is 5.09. The Morgan fingerprint density at radius 2 is 1.93 bits per heavy atom. The fraction of sp³-hybridized carbons (Fsp3) is 0.750. The summed E-state index contributed by atoms with van der Waals surface area (Å²) >= 11 is 5.11. The molecule has 1 fully saturated rings. The average Bonchev–Trinajstić information content (AvgIpc) is 2.30. The molecule has 2 N–H and O–H groups in total. The molecule has 3 heteroatoms. The van der Waals surface area contributed by atoms with E-state index in [1.165, 1.54) is 44.9 Å². The van der Waals surface area contributed by atoms with Gasteiger partial charge in [0.2, 0.25) is 0 Å². The first-order chi connectivity index (χ1) is 7.29. The largest absolute Gasteiger partial charge is 0.376 e. The smallest absolute Gasteiger partial charge is 0.170 e. The molecule has 0 amide bonds. The second kappa shape index (κ2) is 4.97. The maximum absolute atomic E-state index is 5.77. The Kier molecular flexibility index (Phi) is 3.62. The summed E-state index contributed by atoms with van der Waals surface area (Å²) in [6.45, 7) is 0. The van der Waals surface area contributed by atoms with E-state index in [0.717, 1.165) is 5.92 Å². The van der Waals surface area contributed by atoms with Crippen LogP contribution in [0.15, 0.2) is 12.3 Å². The second-order valence-electron chi connectivity index (χ2n) is 4.67. The molecule has 1 unspecified atom stereocenters. The molecule has 0 radical (unpaired) electrons. The minimum Gasteiger partial charge on any atom is -0.376 e. The highest BCUT2D eigenvalue weighted by Gasteiger charge is 2.29. The standard InChI is InChI=1S/C12H20N2S/c13-12(15)14-9-5-4-8-11(14)10-6-2-1-3-7-10/h5,9-11H,1-4,6-8H2,(H2,13,15). The van der Waals surface area contributed by atoms with Crippen LogP contribution in [-0.2, 0) is 0 Å². The van der Waals surface area contributed by atoms with Gasteiger partial charge in [0.1, 0.15) is 0 Å². The first kappa shape index (κ1) is 10.9. The molecule has 2 aliphatic rings. The summed E-state index contributed by atoms with van der Waals surface area (Å²) in [6, 6.07) is 0.577. The molecule has 1 atom stereocenters. The third kappa shape index (κ3) is 2.51. The molecule has 0 saturated heterocycles. The van der Waals surface area contributed by atoms with Crippen LogP contribution < -0.4 is 5.73 Å². The number of thiocarbonyl (C=S) groups is 1. The molecule has 0 aromatic carbocycles. The summed E-state index contributed by atoms with van der Waals surface area (Å²) in [6.07, 6.45) is 13.6. The molecule has 15 heavy (non-hydrogen) atoms. The van der Waals surface area contributed by atoms with Gasteiger partial charge in [-0.1, -0.05) is 25.3 Å². The number of allylic oxidation sites excluding steroid dienone is 1. The van der Waals surface area contributed by atoms with Gasteiger partial charge in [0, 0.05) is 12.2 Å². The Balaban J connectivity index is 2.04. The summed E-state index contributed by atoms with van der Waals surface area (Å²) in [5.74, 6) is 0.810. The molecule has 0 aromatic rings. The molecule has 1 aliphatic carbocycles. The van der Waals surface area contributed by atoms with Gasteiger partial charge in [-0.25, -0.2) is 0 Å². The van der Waals surface area contributed by atoms with Gasteiger partial charge >= 0.3 is 0 Å². The van der Waals surface area contributed by atoms with Crippen LogP contribution in [0.4, 0.5) is 0 Å². The maximum atomic E-state index is 5.77. The van der Waals surface area contributed by atoms with Crippen molar-refractivity contribution >= 4 is 17.3 Å². The van der Waals surface area contributed by atoms with Crippen LogP contribution in [-0.4, -0.2) is 16.1 Å². The number of hydrogen-bond acceptors (Lipinski definition) is 1. The zero-order chi connectivity index (χ0) is 10.7. The highest BCUT2D eigenvalue weighted by Crippen LogP contribution is 2.32. The lowest BCUT2D eigenvalue weighted by molar-refractivity contribution is 0.202. The molecule has 1 heterocycles. The molecule has 1 aliphatic heterocycles. The van der Waals surface area contributed by atoms with E-state index in [-0.39, 0.29) is 0 Å². The van der Waals surface area contributed by atoms with E-state index in [4.69, 9.17) is 18.0 Å². The molecule has 0 bridgehead atoms. The summed E-state index contributed by atoms with van der Waals surface area (Å²) in [5, 5.41) is 0.543. The summed E-state index contributed by atoms with van der Waals surface area (Å²) in [5.41, 5.74) is 5.77. The van der Waals surface area contributed by atoms with Crippen LogP contribution in [0.25, 0.3) is 0 Å². The Labute approximate surface area is 97.5 Å². The van der Waals surface area contributed by atoms with Crippen LogP contribution in [0.1, 0.15) is 44.9 Å². The van der Waals surface area contributed by atoms with E-state index < -0.39 is 0 Å². The van der Waals surface area contributed by atoms with E-state index >= 15 is 0 Å². The average molecular weight is 224 g/mol. The van der Waals surface area contributed by atoms with E-state index in [1.807, 2.05) is 0 Å². The fourth-order valence-electron chi connectivity index (χ4n) is 2.92. The van der Waals surface area contributed by atoms with Crippen molar-refractivity contribution in [3.05, 3.63) is 12.3 Å². The molecular formula is C12H20N2S. The summed E-state index contributed by atoms with van der Waals surface area (Å²) in [7, 11) is 0. The topological polar surface area (TPSA) is 29.3 Å². The van der Waals surface area contributed by atoms with Gasteiger partial charge in [-0.05, 0) is 43.8 Å². The third-order valence-electron chi connectivity index (χ3n) is 3.70. The minimum absolute atomic E-state index is 0.543. The van der Waals surface area contributed by atoms with Gasteiger partial charge in [0.15, 0.2) is 5.11 Å². The van der Waals surface area contributed by atoms with Crippen LogP contribution >= 0.6 is 12.2 Å². The Morgan fingerprint density at radius 3 is 2.60 bits per heavy atom. The van der Waals surface area contributed by atoms with E-state index in [1.54, 1.807) is 0 Å². The number of rotatable bonds is 1. The maximum Gasteiger partial charge on any atom is 0.170 e. The lowest BCUT2D eigenvalue weighted by Gasteiger charge is -2.39. The lowest BCUT2D eigenvalue weighted by Crippen LogP contribution is -2.45. The monoisotopic (exact) mass is 224 g/mol. The van der Waals surface area contributed by atoms with E-state index in [2.05, 4.69) is 17.2 Å². The van der Waals surface area contributed by atoms with Crippen LogP contribution in [0, 0.1) is 5.92 Å². The lowest BCUT2D eigenvalue weighted by atomic mass is 9.81. The first-order valence-electron chi connectivity index (χ1n) is 6.03. The molecule has 0 aromatic heterocycles. The van der Waals surface area contributed by atoms with E-state index in [0.29, 0.717) is 11.2 Å². The van der Waals surface area contributed by atoms with Crippen molar-refractivity contribution in [3.63, 3.8) is 0 Å². The van der Waals surface area contributed by atoms with Crippen molar-refractivity contribution < 1.29 is 0 Å². The fourth-order valence-corrected chi connectivity index (χ4v) is 3.12. The van der Waals surface area contributed by atoms with Gasteiger partial charge in [0.25, 0.3) is 0 Å². The van der Waals surface area contributed by atoms with Crippen LogP contribution in [0.2, 0.25) is 0 Å². The van der Waals surface area contributed by atoms with Gasteiger partial charge in [-0.2, -0.15) is 0 Å². The minimum atomic E-state index is 0.543. The van der Waals surface area contributed by atoms with Crippen molar-refractivity contribution in [3.8, 4) is 0 Å². The highest BCUT2D eigenvalue weighted by atomic mass is 32.1. The first-order valence-corrected chi connectivity index (χ1v) is 6.44. The van der Waals surface area contributed by atoms with Gasteiger partial charge in [-0.3, -0.25) is 0 Å². The van der Waals surface area contributed by atoms with Crippen molar-refractivity contribution in [2.45, 2.75) is 51.0 Å². The van der Waals surface area contributed by atoms with Crippen molar-refractivity contribution in [2.24, 2.45) is 11.7 Å². The van der Waals surface area contributed by atoms with Gasteiger partial charge in [0.05, 0.1) is 0 Å². The Bertz CT molecular complexity index is 256. The predicted molar refractivity (Wildman–Crippen MR) is 67.4 cm³/mol. The zero-order valence-electron chi connectivity index (χ0n) is 9.19. The number of nitrogens with zero attached hydrogens (tertiary/aromatic N) is 1. The normalized spacial score (nSPS) is 28.0. The Morgan fingerprint density at radius 1 is 1.20 bits per heavy atom. The predicted octanol–water partition coefficient (Wildman–Crippen LogP) is 2.79. The zero-order valence-corrected chi connectivity index (χ0v) is 10.0. The van der Waals surface area contributed by atoms with Crippen LogP contribution in [0.5, 0.6) is 0 Å².